The van der Waals surface area contributed by atoms with Gasteiger partial charge in [0.1, 0.15) is 0 Å². The smallest absolute Gasteiger partial charge is 0.303 e. The number of carboxylic acids is 1. The maximum Gasteiger partial charge on any atom is 0.303 e. The maximum absolute atomic E-state index is 11.9. The third kappa shape index (κ3) is 3.58. The van der Waals surface area contributed by atoms with Crippen molar-refractivity contribution in [1.82, 2.24) is 15.5 Å². The molecule has 1 aromatic rings. The van der Waals surface area contributed by atoms with Crippen LogP contribution < -0.4 is 5.32 Å². The SMILES string of the molecule is Cc1n[nH]c(C)c1C(=O)NC(C)CCC(=O)O. The molecule has 1 amide bonds. The Morgan fingerprint density at radius 1 is 1.47 bits per heavy atom. The molecule has 17 heavy (non-hydrogen) atoms. The minimum atomic E-state index is -0.859. The van der Waals surface area contributed by atoms with Gasteiger partial charge in [0.25, 0.3) is 5.91 Å². The normalized spacial score (nSPS) is 12.2. The third-order valence-corrected chi connectivity index (χ3v) is 2.52. The van der Waals surface area contributed by atoms with E-state index in [0.29, 0.717) is 23.4 Å². The predicted molar refractivity (Wildman–Crippen MR) is 61.9 cm³/mol. The molecule has 0 saturated carbocycles. The number of carboxylic acid groups (broad SMARTS) is 1. The monoisotopic (exact) mass is 239 g/mol. The molecule has 1 aromatic heterocycles. The fraction of sp³-hybridized carbons (Fsp3) is 0.545. The molecule has 0 aromatic carbocycles. The molecule has 1 heterocycles. The quantitative estimate of drug-likeness (QED) is 0.714. The Labute approximate surface area is 99.4 Å². The summed E-state index contributed by atoms with van der Waals surface area (Å²) in [5, 5.41) is 18.0. The highest BCUT2D eigenvalue weighted by Crippen LogP contribution is 2.09. The second-order valence-electron chi connectivity index (χ2n) is 4.12. The van der Waals surface area contributed by atoms with Crippen LogP contribution in [0.1, 0.15) is 41.5 Å². The fourth-order valence-corrected chi connectivity index (χ4v) is 1.59. The average molecular weight is 239 g/mol. The van der Waals surface area contributed by atoms with Crippen molar-refractivity contribution in [1.29, 1.82) is 0 Å². The van der Waals surface area contributed by atoms with Gasteiger partial charge in [-0.2, -0.15) is 5.10 Å². The van der Waals surface area contributed by atoms with E-state index in [1.807, 2.05) is 0 Å². The Hall–Kier alpha value is -1.85. The lowest BCUT2D eigenvalue weighted by Crippen LogP contribution is -2.33. The van der Waals surface area contributed by atoms with Gasteiger partial charge in [0.15, 0.2) is 0 Å². The first-order chi connectivity index (χ1) is 7.91. The number of aromatic amines is 1. The molecule has 0 aliphatic carbocycles. The zero-order valence-corrected chi connectivity index (χ0v) is 10.2. The summed E-state index contributed by atoms with van der Waals surface area (Å²) in [6, 6.07) is -0.174. The number of aryl methyl sites for hydroxylation is 2. The van der Waals surface area contributed by atoms with E-state index in [4.69, 9.17) is 5.11 Å². The molecule has 0 spiro atoms. The molecule has 6 nitrogen and oxygen atoms in total. The van der Waals surface area contributed by atoms with Crippen molar-refractivity contribution in [2.75, 3.05) is 0 Å². The summed E-state index contributed by atoms with van der Waals surface area (Å²) in [6.07, 6.45) is 0.460. The van der Waals surface area contributed by atoms with Crippen LogP contribution in [0.15, 0.2) is 0 Å². The minimum Gasteiger partial charge on any atom is -0.481 e. The van der Waals surface area contributed by atoms with Gasteiger partial charge in [0.05, 0.1) is 11.3 Å². The molecule has 1 rings (SSSR count). The van der Waals surface area contributed by atoms with Crippen molar-refractivity contribution in [2.24, 2.45) is 0 Å². The van der Waals surface area contributed by atoms with Crippen LogP contribution in [0, 0.1) is 13.8 Å². The van der Waals surface area contributed by atoms with E-state index in [2.05, 4.69) is 15.5 Å². The van der Waals surface area contributed by atoms with Gasteiger partial charge in [-0.3, -0.25) is 14.7 Å². The Kier molecular flexibility index (Phi) is 4.25. The van der Waals surface area contributed by atoms with Crippen LogP contribution >= 0.6 is 0 Å². The molecule has 3 N–H and O–H groups in total. The van der Waals surface area contributed by atoms with E-state index in [9.17, 15) is 9.59 Å². The van der Waals surface area contributed by atoms with Gasteiger partial charge >= 0.3 is 5.97 Å². The van der Waals surface area contributed by atoms with Crippen LogP contribution in [0.2, 0.25) is 0 Å². The third-order valence-electron chi connectivity index (χ3n) is 2.52. The van der Waals surface area contributed by atoms with Crippen molar-refractivity contribution in [3.8, 4) is 0 Å². The van der Waals surface area contributed by atoms with Crippen molar-refractivity contribution >= 4 is 11.9 Å². The van der Waals surface area contributed by atoms with Crippen LogP contribution in [0.3, 0.4) is 0 Å². The summed E-state index contributed by atoms with van der Waals surface area (Å²) < 4.78 is 0. The molecule has 1 unspecified atom stereocenters. The zero-order valence-electron chi connectivity index (χ0n) is 10.2. The highest BCUT2D eigenvalue weighted by atomic mass is 16.4. The molecule has 0 saturated heterocycles. The number of nitrogens with one attached hydrogen (secondary N) is 2. The van der Waals surface area contributed by atoms with Crippen LogP contribution in [0.4, 0.5) is 0 Å². The minimum absolute atomic E-state index is 0.0464. The lowest BCUT2D eigenvalue weighted by Gasteiger charge is -2.12. The highest BCUT2D eigenvalue weighted by molar-refractivity contribution is 5.96. The van der Waals surface area contributed by atoms with E-state index in [-0.39, 0.29) is 18.4 Å². The fourth-order valence-electron chi connectivity index (χ4n) is 1.59. The molecule has 94 valence electrons. The number of rotatable bonds is 5. The summed E-state index contributed by atoms with van der Waals surface area (Å²) >= 11 is 0. The largest absolute Gasteiger partial charge is 0.481 e. The second-order valence-corrected chi connectivity index (χ2v) is 4.12. The Balaban J connectivity index is 2.58. The molecular formula is C11H17N3O3. The first-order valence-corrected chi connectivity index (χ1v) is 5.46. The van der Waals surface area contributed by atoms with Crippen molar-refractivity contribution in [3.05, 3.63) is 17.0 Å². The molecule has 0 bridgehead atoms. The van der Waals surface area contributed by atoms with Gasteiger partial charge in [-0.05, 0) is 27.2 Å². The molecule has 6 heteroatoms. The molecule has 0 aliphatic rings. The lowest BCUT2D eigenvalue weighted by atomic mass is 10.1. The van der Waals surface area contributed by atoms with Gasteiger partial charge < -0.3 is 10.4 Å². The van der Waals surface area contributed by atoms with E-state index in [0.717, 1.165) is 0 Å². The van der Waals surface area contributed by atoms with Gasteiger partial charge in [0.2, 0.25) is 0 Å². The van der Waals surface area contributed by atoms with Crippen LogP contribution in [0.5, 0.6) is 0 Å². The highest BCUT2D eigenvalue weighted by Gasteiger charge is 2.17. The van der Waals surface area contributed by atoms with Crippen molar-refractivity contribution < 1.29 is 14.7 Å². The topological polar surface area (TPSA) is 95.1 Å². The molecule has 0 radical (unpaired) electrons. The number of H-pyrrole nitrogens is 1. The summed E-state index contributed by atoms with van der Waals surface area (Å²) in [5.74, 6) is -1.08. The molecule has 0 aliphatic heterocycles. The molecule has 0 fully saturated rings. The number of amides is 1. The summed E-state index contributed by atoms with van der Waals surface area (Å²) in [6.45, 7) is 5.31. The number of hydrogen-bond donors (Lipinski definition) is 3. The number of aromatic nitrogens is 2. The van der Waals surface area contributed by atoms with Gasteiger partial charge in [-0.15, -0.1) is 0 Å². The number of aliphatic carboxylic acids is 1. The summed E-state index contributed by atoms with van der Waals surface area (Å²) in [4.78, 5) is 22.3. The second kappa shape index (κ2) is 5.47. The standard InChI is InChI=1S/C11H17N3O3/c1-6(4-5-9(15)16)12-11(17)10-7(2)13-14-8(10)3/h6H,4-5H2,1-3H3,(H,12,17)(H,13,14)(H,15,16). The number of carbonyl (C=O) groups is 2. The Bertz CT molecular complexity index is 406. The zero-order chi connectivity index (χ0) is 13.0. The average Bonchev–Trinajstić information content (AvgIpc) is 2.55. The van der Waals surface area contributed by atoms with Gasteiger partial charge in [-0.1, -0.05) is 0 Å². The first-order valence-electron chi connectivity index (χ1n) is 5.46. The number of hydrogen-bond acceptors (Lipinski definition) is 3. The van der Waals surface area contributed by atoms with Gasteiger partial charge in [-0.25, -0.2) is 0 Å². The van der Waals surface area contributed by atoms with E-state index in [1.54, 1.807) is 20.8 Å². The van der Waals surface area contributed by atoms with Crippen LogP contribution in [-0.4, -0.2) is 33.2 Å². The number of nitrogens with zero attached hydrogens (tertiary/aromatic N) is 1. The van der Waals surface area contributed by atoms with E-state index < -0.39 is 5.97 Å². The van der Waals surface area contributed by atoms with E-state index >= 15 is 0 Å². The first kappa shape index (κ1) is 13.2. The summed E-state index contributed by atoms with van der Waals surface area (Å²) in [7, 11) is 0. The molecule has 1 atom stereocenters. The van der Waals surface area contributed by atoms with Crippen LogP contribution in [-0.2, 0) is 4.79 Å². The lowest BCUT2D eigenvalue weighted by molar-refractivity contribution is -0.137. The molecular weight excluding hydrogens is 222 g/mol. The Morgan fingerprint density at radius 2 is 2.12 bits per heavy atom. The van der Waals surface area contributed by atoms with Gasteiger partial charge in [0, 0.05) is 18.2 Å². The van der Waals surface area contributed by atoms with Crippen molar-refractivity contribution in [2.45, 2.75) is 39.7 Å². The Morgan fingerprint density at radius 3 is 2.59 bits per heavy atom. The van der Waals surface area contributed by atoms with Crippen molar-refractivity contribution in [3.63, 3.8) is 0 Å². The maximum atomic E-state index is 11.9. The van der Waals surface area contributed by atoms with Crippen LogP contribution in [0.25, 0.3) is 0 Å². The number of carbonyl (C=O) groups excluding carboxylic acids is 1. The summed E-state index contributed by atoms with van der Waals surface area (Å²) in [5.41, 5.74) is 1.89. The predicted octanol–water partition coefficient (Wildman–Crippen LogP) is 1.01. The van der Waals surface area contributed by atoms with E-state index in [1.165, 1.54) is 0 Å².